The molecule has 0 fully saturated rings. The molecule has 6 heteroatoms. The first-order chi connectivity index (χ1) is 9.43. The molecule has 5 nitrogen and oxygen atoms in total. The van der Waals surface area contributed by atoms with Gasteiger partial charge in [0.05, 0.1) is 16.6 Å². The zero-order chi connectivity index (χ0) is 14.8. The lowest BCUT2D eigenvalue weighted by atomic mass is 10.0. The summed E-state index contributed by atoms with van der Waals surface area (Å²) in [5.41, 5.74) is 1.91. The lowest BCUT2D eigenvalue weighted by molar-refractivity contribution is 0.571. The van der Waals surface area contributed by atoms with E-state index in [1.54, 1.807) is 29.1 Å². The first kappa shape index (κ1) is 14.7. The van der Waals surface area contributed by atoms with E-state index in [1.807, 2.05) is 26.1 Å². The summed E-state index contributed by atoms with van der Waals surface area (Å²) in [5.74, 6) is 0. The molecular weight excluding hydrogens is 274 g/mol. The predicted octanol–water partition coefficient (Wildman–Crippen LogP) is 1.52. The maximum absolute atomic E-state index is 11.7. The molecule has 1 aromatic carbocycles. The summed E-state index contributed by atoms with van der Waals surface area (Å²) in [6, 6.07) is 8.89. The molecule has 0 saturated carbocycles. The van der Waals surface area contributed by atoms with Crippen molar-refractivity contribution in [2.75, 3.05) is 12.8 Å². The maximum atomic E-state index is 11.7. The van der Waals surface area contributed by atoms with Gasteiger partial charge in [0.25, 0.3) is 0 Å². The number of sulfone groups is 1. The van der Waals surface area contributed by atoms with Gasteiger partial charge in [0, 0.05) is 19.5 Å². The number of hydrogen-bond donors (Lipinski definition) is 1. The van der Waals surface area contributed by atoms with Crippen LogP contribution in [0.3, 0.4) is 0 Å². The molecule has 1 atom stereocenters. The average Bonchev–Trinajstić information content (AvgIpc) is 2.81. The van der Waals surface area contributed by atoms with Gasteiger partial charge < -0.3 is 5.32 Å². The second-order valence-electron chi connectivity index (χ2n) is 4.72. The van der Waals surface area contributed by atoms with Gasteiger partial charge >= 0.3 is 0 Å². The topological polar surface area (TPSA) is 64.0 Å². The number of nitrogens with one attached hydrogen (secondary N) is 1. The summed E-state index contributed by atoms with van der Waals surface area (Å²) < 4.78 is 25.2. The normalized spacial score (nSPS) is 13.3. The molecule has 20 heavy (non-hydrogen) atoms. The molecule has 0 radical (unpaired) electrons. The minimum absolute atomic E-state index is 0.0748. The van der Waals surface area contributed by atoms with Gasteiger partial charge in [-0.25, -0.2) is 8.42 Å². The predicted molar refractivity (Wildman–Crippen MR) is 78.3 cm³/mol. The zero-order valence-corrected chi connectivity index (χ0v) is 12.7. The molecular formula is C14H19N3O2S. The monoisotopic (exact) mass is 293 g/mol. The van der Waals surface area contributed by atoms with Crippen molar-refractivity contribution in [1.29, 1.82) is 0 Å². The Morgan fingerprint density at radius 2 is 2.10 bits per heavy atom. The van der Waals surface area contributed by atoms with Crippen molar-refractivity contribution >= 4 is 9.84 Å². The van der Waals surface area contributed by atoms with Crippen LogP contribution in [0.2, 0.25) is 0 Å². The van der Waals surface area contributed by atoms with E-state index in [-0.39, 0.29) is 6.04 Å². The molecule has 0 aliphatic heterocycles. The van der Waals surface area contributed by atoms with Crippen molar-refractivity contribution in [1.82, 2.24) is 15.1 Å². The number of benzene rings is 1. The SMILES string of the molecule is CCNC(c1cccc(S(C)(=O)=O)c1)c1ccnn1C. The molecule has 0 bridgehead atoms. The third-order valence-electron chi connectivity index (χ3n) is 3.18. The van der Waals surface area contributed by atoms with Crippen molar-refractivity contribution in [2.24, 2.45) is 7.05 Å². The van der Waals surface area contributed by atoms with E-state index in [1.165, 1.54) is 6.26 Å². The van der Waals surface area contributed by atoms with Gasteiger partial charge in [-0.15, -0.1) is 0 Å². The highest BCUT2D eigenvalue weighted by Crippen LogP contribution is 2.23. The van der Waals surface area contributed by atoms with E-state index >= 15 is 0 Å². The molecule has 1 N–H and O–H groups in total. The molecule has 0 aliphatic rings. The molecule has 2 rings (SSSR count). The summed E-state index contributed by atoms with van der Waals surface area (Å²) in [4.78, 5) is 0.333. The number of hydrogen-bond acceptors (Lipinski definition) is 4. The number of aromatic nitrogens is 2. The summed E-state index contributed by atoms with van der Waals surface area (Å²) in [7, 11) is -1.33. The van der Waals surface area contributed by atoms with Crippen molar-refractivity contribution in [3.05, 3.63) is 47.8 Å². The van der Waals surface area contributed by atoms with Gasteiger partial charge in [-0.3, -0.25) is 4.68 Å². The highest BCUT2D eigenvalue weighted by molar-refractivity contribution is 7.90. The Morgan fingerprint density at radius 1 is 1.35 bits per heavy atom. The van der Waals surface area contributed by atoms with Crippen LogP contribution in [-0.2, 0) is 16.9 Å². The number of nitrogens with zero attached hydrogens (tertiary/aromatic N) is 2. The summed E-state index contributed by atoms with van der Waals surface area (Å²) >= 11 is 0. The van der Waals surface area contributed by atoms with E-state index in [0.717, 1.165) is 17.8 Å². The highest BCUT2D eigenvalue weighted by atomic mass is 32.2. The molecule has 0 aliphatic carbocycles. The molecule has 1 heterocycles. The van der Waals surface area contributed by atoms with Crippen molar-refractivity contribution in [2.45, 2.75) is 17.9 Å². The molecule has 0 spiro atoms. The maximum Gasteiger partial charge on any atom is 0.175 e. The second-order valence-corrected chi connectivity index (χ2v) is 6.73. The Balaban J connectivity index is 2.48. The fourth-order valence-corrected chi connectivity index (χ4v) is 2.87. The summed E-state index contributed by atoms with van der Waals surface area (Å²) in [6.07, 6.45) is 2.96. The molecule has 108 valence electrons. The van der Waals surface area contributed by atoms with Crippen LogP contribution in [0, 0.1) is 0 Å². The van der Waals surface area contributed by atoms with Crippen LogP contribution in [0.25, 0.3) is 0 Å². The van der Waals surface area contributed by atoms with Crippen molar-refractivity contribution in [3.63, 3.8) is 0 Å². The van der Waals surface area contributed by atoms with E-state index in [9.17, 15) is 8.42 Å². The van der Waals surface area contributed by atoms with E-state index in [0.29, 0.717) is 4.90 Å². The van der Waals surface area contributed by atoms with Gasteiger partial charge in [0.2, 0.25) is 0 Å². The highest BCUT2D eigenvalue weighted by Gasteiger charge is 2.18. The zero-order valence-electron chi connectivity index (χ0n) is 11.9. The van der Waals surface area contributed by atoms with Crippen LogP contribution in [0.5, 0.6) is 0 Å². The van der Waals surface area contributed by atoms with Crippen molar-refractivity contribution in [3.8, 4) is 0 Å². The Labute approximate surface area is 119 Å². The third-order valence-corrected chi connectivity index (χ3v) is 4.29. The fourth-order valence-electron chi connectivity index (χ4n) is 2.19. The quantitative estimate of drug-likeness (QED) is 0.908. The summed E-state index contributed by atoms with van der Waals surface area (Å²) in [6.45, 7) is 2.79. The van der Waals surface area contributed by atoms with Crippen LogP contribution in [-0.4, -0.2) is 31.0 Å². The van der Waals surface area contributed by atoms with Gasteiger partial charge in [0.15, 0.2) is 9.84 Å². The van der Waals surface area contributed by atoms with Gasteiger partial charge in [-0.1, -0.05) is 19.1 Å². The third kappa shape index (κ3) is 3.08. The number of aryl methyl sites for hydroxylation is 1. The summed E-state index contributed by atoms with van der Waals surface area (Å²) in [5, 5.41) is 7.54. The standard InChI is InChI=1S/C14H19N3O2S/c1-4-15-14(13-8-9-16-17(13)2)11-6-5-7-12(10-11)20(3,18)19/h5-10,14-15H,4H2,1-3H3. The van der Waals surface area contributed by atoms with Crippen LogP contribution in [0.4, 0.5) is 0 Å². The molecule has 1 aromatic heterocycles. The second kappa shape index (κ2) is 5.76. The molecule has 2 aromatic rings. The van der Waals surface area contributed by atoms with Gasteiger partial charge in [-0.05, 0) is 30.3 Å². The van der Waals surface area contributed by atoms with Gasteiger partial charge in [0.1, 0.15) is 0 Å². The Morgan fingerprint density at radius 3 is 2.65 bits per heavy atom. The average molecular weight is 293 g/mol. The van der Waals surface area contributed by atoms with E-state index < -0.39 is 9.84 Å². The van der Waals surface area contributed by atoms with E-state index in [2.05, 4.69) is 10.4 Å². The Hall–Kier alpha value is -1.66. The smallest absolute Gasteiger partial charge is 0.175 e. The van der Waals surface area contributed by atoms with Crippen LogP contribution >= 0.6 is 0 Å². The van der Waals surface area contributed by atoms with Crippen LogP contribution in [0.15, 0.2) is 41.4 Å². The minimum Gasteiger partial charge on any atom is -0.305 e. The molecule has 0 saturated heterocycles. The lowest BCUT2D eigenvalue weighted by Gasteiger charge is -2.19. The number of rotatable bonds is 5. The first-order valence-corrected chi connectivity index (χ1v) is 8.34. The minimum atomic E-state index is -3.20. The lowest BCUT2D eigenvalue weighted by Crippen LogP contribution is -2.24. The van der Waals surface area contributed by atoms with Crippen molar-refractivity contribution < 1.29 is 8.42 Å². The first-order valence-electron chi connectivity index (χ1n) is 6.44. The Bertz CT molecular complexity index is 692. The largest absolute Gasteiger partial charge is 0.305 e. The van der Waals surface area contributed by atoms with Crippen LogP contribution < -0.4 is 5.32 Å². The molecule has 0 amide bonds. The van der Waals surface area contributed by atoms with E-state index in [4.69, 9.17) is 0 Å². The van der Waals surface area contributed by atoms with Crippen LogP contribution in [0.1, 0.15) is 24.2 Å². The Kier molecular flexibility index (Phi) is 4.25. The molecule has 1 unspecified atom stereocenters. The fraction of sp³-hybridized carbons (Fsp3) is 0.357. The van der Waals surface area contributed by atoms with Gasteiger partial charge in [-0.2, -0.15) is 5.10 Å².